The van der Waals surface area contributed by atoms with E-state index in [1.54, 1.807) is 17.3 Å². The third kappa shape index (κ3) is 3.12. The molecule has 3 aromatic heterocycles. The molecule has 0 aromatic carbocycles. The minimum atomic E-state index is -0.0508. The summed E-state index contributed by atoms with van der Waals surface area (Å²) in [6, 6.07) is 0.594. The smallest absolute Gasteiger partial charge is 0.254 e. The Kier molecular flexibility index (Phi) is 4.49. The van der Waals surface area contributed by atoms with E-state index in [0.717, 1.165) is 41.1 Å². The highest BCUT2D eigenvalue weighted by Gasteiger charge is 2.27. The average molecular weight is 372 g/mol. The van der Waals surface area contributed by atoms with Crippen LogP contribution in [0.5, 0.6) is 0 Å². The molecule has 136 valence electrons. The maximum Gasteiger partial charge on any atom is 0.254 e. The molecule has 1 N–H and O–H groups in total. The van der Waals surface area contributed by atoms with Crippen molar-refractivity contribution < 1.29 is 4.79 Å². The van der Waals surface area contributed by atoms with Gasteiger partial charge in [0.15, 0.2) is 0 Å². The number of nitrogens with zero attached hydrogens (tertiary/aromatic N) is 7. The molecule has 9 nitrogen and oxygen atoms in total. The SMILES string of the molecule is Cc1sc(-n2cnnn2)c(C(=O)NC2CCC(n3cnnc3)CC2)c1C. The van der Waals surface area contributed by atoms with Gasteiger partial charge in [0.25, 0.3) is 5.91 Å². The fourth-order valence-electron chi connectivity index (χ4n) is 3.47. The van der Waals surface area contributed by atoms with Crippen LogP contribution < -0.4 is 5.32 Å². The van der Waals surface area contributed by atoms with Crippen molar-refractivity contribution in [3.63, 3.8) is 0 Å². The lowest BCUT2D eigenvalue weighted by atomic mass is 9.91. The molecule has 1 aliphatic rings. The van der Waals surface area contributed by atoms with Crippen LogP contribution >= 0.6 is 11.3 Å². The summed E-state index contributed by atoms with van der Waals surface area (Å²) in [5.74, 6) is -0.0508. The molecule has 0 bridgehead atoms. The van der Waals surface area contributed by atoms with Crippen LogP contribution in [-0.2, 0) is 0 Å². The Balaban J connectivity index is 1.46. The van der Waals surface area contributed by atoms with Crippen LogP contribution in [-0.4, -0.2) is 46.9 Å². The van der Waals surface area contributed by atoms with Crippen LogP contribution in [0.25, 0.3) is 5.00 Å². The first-order chi connectivity index (χ1) is 12.6. The van der Waals surface area contributed by atoms with Gasteiger partial charge in [0.1, 0.15) is 24.0 Å². The molecule has 0 saturated heterocycles. The predicted octanol–water partition coefficient (Wildman–Crippen LogP) is 1.85. The Labute approximate surface area is 154 Å². The Morgan fingerprint density at radius 2 is 1.85 bits per heavy atom. The molecule has 10 heteroatoms. The summed E-state index contributed by atoms with van der Waals surface area (Å²) in [5.41, 5.74) is 1.65. The van der Waals surface area contributed by atoms with Gasteiger partial charge in [-0.05, 0) is 55.5 Å². The molecule has 0 atom stereocenters. The summed E-state index contributed by atoms with van der Waals surface area (Å²) >= 11 is 1.53. The second kappa shape index (κ2) is 6.94. The van der Waals surface area contributed by atoms with Gasteiger partial charge in [-0.15, -0.1) is 26.6 Å². The fourth-order valence-corrected chi connectivity index (χ4v) is 4.54. The van der Waals surface area contributed by atoms with Crippen LogP contribution in [0.2, 0.25) is 0 Å². The van der Waals surface area contributed by atoms with E-state index in [9.17, 15) is 4.79 Å². The van der Waals surface area contributed by atoms with Crippen LogP contribution in [0.15, 0.2) is 19.0 Å². The van der Waals surface area contributed by atoms with Gasteiger partial charge in [0.2, 0.25) is 0 Å². The van der Waals surface area contributed by atoms with Gasteiger partial charge in [0, 0.05) is 17.0 Å². The van der Waals surface area contributed by atoms with E-state index in [1.165, 1.54) is 17.7 Å². The van der Waals surface area contributed by atoms with E-state index in [1.807, 2.05) is 13.8 Å². The van der Waals surface area contributed by atoms with E-state index >= 15 is 0 Å². The van der Waals surface area contributed by atoms with Gasteiger partial charge in [0.05, 0.1) is 5.56 Å². The van der Waals surface area contributed by atoms with Gasteiger partial charge in [-0.1, -0.05) is 0 Å². The van der Waals surface area contributed by atoms with Gasteiger partial charge in [-0.2, -0.15) is 4.68 Å². The summed E-state index contributed by atoms with van der Waals surface area (Å²) < 4.78 is 3.61. The number of tetrazole rings is 1. The number of hydrogen-bond donors (Lipinski definition) is 1. The summed E-state index contributed by atoms with van der Waals surface area (Å²) in [7, 11) is 0. The van der Waals surface area contributed by atoms with Crippen molar-refractivity contribution in [2.24, 2.45) is 0 Å². The van der Waals surface area contributed by atoms with Gasteiger partial charge in [-0.3, -0.25) is 4.79 Å². The zero-order valence-corrected chi connectivity index (χ0v) is 15.5. The number of rotatable bonds is 4. The topological polar surface area (TPSA) is 103 Å². The van der Waals surface area contributed by atoms with Crippen LogP contribution in [0.1, 0.15) is 52.5 Å². The standard InChI is InChI=1S/C16H20N8OS/c1-10-11(2)26-16(24-9-19-21-22-24)14(10)15(25)20-12-3-5-13(6-4-12)23-7-17-18-8-23/h7-9,12-13H,3-6H2,1-2H3,(H,20,25). The zero-order valence-electron chi connectivity index (χ0n) is 14.7. The number of carbonyl (C=O) groups is 1. The number of hydrogen-bond acceptors (Lipinski definition) is 7. The van der Waals surface area contributed by atoms with Crippen molar-refractivity contribution in [1.29, 1.82) is 0 Å². The van der Waals surface area contributed by atoms with Crippen LogP contribution in [0.4, 0.5) is 0 Å². The molecule has 26 heavy (non-hydrogen) atoms. The molecule has 0 aliphatic heterocycles. The van der Waals surface area contributed by atoms with E-state index in [2.05, 4.69) is 35.6 Å². The normalized spacial score (nSPS) is 20.2. The fraction of sp³-hybridized carbons (Fsp3) is 0.500. The highest BCUT2D eigenvalue weighted by molar-refractivity contribution is 7.15. The van der Waals surface area contributed by atoms with Crippen LogP contribution in [0.3, 0.4) is 0 Å². The lowest BCUT2D eigenvalue weighted by molar-refractivity contribution is 0.0922. The third-order valence-electron chi connectivity index (χ3n) is 5.04. The minimum Gasteiger partial charge on any atom is -0.349 e. The number of nitrogens with one attached hydrogen (secondary N) is 1. The molecule has 3 heterocycles. The number of amides is 1. The molecule has 4 rings (SSSR count). The largest absolute Gasteiger partial charge is 0.349 e. The summed E-state index contributed by atoms with van der Waals surface area (Å²) in [6.07, 6.45) is 8.94. The zero-order chi connectivity index (χ0) is 18.1. The predicted molar refractivity (Wildman–Crippen MR) is 95.3 cm³/mol. The molecule has 1 fully saturated rings. The van der Waals surface area contributed by atoms with E-state index in [0.29, 0.717) is 11.6 Å². The summed E-state index contributed by atoms with van der Waals surface area (Å²) in [4.78, 5) is 14.1. The van der Waals surface area contributed by atoms with Crippen molar-refractivity contribution in [2.45, 2.75) is 51.6 Å². The number of thiophene rings is 1. The number of carbonyl (C=O) groups excluding carboxylic acids is 1. The molecular formula is C16H20N8OS. The van der Waals surface area contributed by atoms with E-state index in [-0.39, 0.29) is 11.9 Å². The van der Waals surface area contributed by atoms with Gasteiger partial charge in [-0.25, -0.2) is 0 Å². The van der Waals surface area contributed by atoms with Crippen molar-refractivity contribution in [3.05, 3.63) is 35.0 Å². The van der Waals surface area contributed by atoms with Crippen molar-refractivity contribution >= 4 is 17.2 Å². The Bertz CT molecular complexity index is 878. The second-order valence-corrected chi connectivity index (χ2v) is 7.81. The Morgan fingerprint density at radius 3 is 2.50 bits per heavy atom. The molecule has 0 spiro atoms. The van der Waals surface area contributed by atoms with Crippen LogP contribution in [0, 0.1) is 13.8 Å². The summed E-state index contributed by atoms with van der Waals surface area (Å²) in [5, 5.41) is 23.0. The number of aryl methyl sites for hydroxylation is 1. The third-order valence-corrected chi connectivity index (χ3v) is 6.24. The first-order valence-electron chi connectivity index (χ1n) is 8.62. The van der Waals surface area contributed by atoms with E-state index < -0.39 is 0 Å². The lowest BCUT2D eigenvalue weighted by Crippen LogP contribution is -2.38. The first kappa shape index (κ1) is 16.8. The van der Waals surface area contributed by atoms with Crippen molar-refractivity contribution in [2.75, 3.05) is 0 Å². The average Bonchev–Trinajstić information content (AvgIpc) is 3.38. The molecule has 0 unspecified atom stereocenters. The molecule has 3 aromatic rings. The van der Waals surface area contributed by atoms with Crippen molar-refractivity contribution in [1.82, 2.24) is 40.3 Å². The highest BCUT2D eigenvalue weighted by atomic mass is 32.1. The molecule has 1 amide bonds. The second-order valence-electron chi connectivity index (χ2n) is 6.61. The maximum atomic E-state index is 13.0. The summed E-state index contributed by atoms with van der Waals surface area (Å²) in [6.45, 7) is 3.98. The molecule has 1 aliphatic carbocycles. The maximum absolute atomic E-state index is 13.0. The Hall–Kier alpha value is -2.62. The first-order valence-corrected chi connectivity index (χ1v) is 9.43. The Morgan fingerprint density at radius 1 is 1.12 bits per heavy atom. The molecule has 1 saturated carbocycles. The quantitative estimate of drug-likeness (QED) is 0.749. The lowest BCUT2D eigenvalue weighted by Gasteiger charge is -2.29. The molecule has 0 radical (unpaired) electrons. The van der Waals surface area contributed by atoms with Crippen molar-refractivity contribution in [3.8, 4) is 5.00 Å². The monoisotopic (exact) mass is 372 g/mol. The minimum absolute atomic E-state index is 0.0508. The highest BCUT2D eigenvalue weighted by Crippen LogP contribution is 2.32. The number of aromatic nitrogens is 7. The molecular weight excluding hydrogens is 352 g/mol. The van der Waals surface area contributed by atoms with E-state index in [4.69, 9.17) is 0 Å². The van der Waals surface area contributed by atoms with Gasteiger partial charge < -0.3 is 9.88 Å². The van der Waals surface area contributed by atoms with Gasteiger partial charge >= 0.3 is 0 Å².